The minimum absolute atomic E-state index is 0.0670. The predicted molar refractivity (Wildman–Crippen MR) is 108 cm³/mol. The number of benzene rings is 2. The van der Waals surface area contributed by atoms with Crippen molar-refractivity contribution in [1.29, 1.82) is 0 Å². The lowest BCUT2D eigenvalue weighted by Crippen LogP contribution is -2.28. The van der Waals surface area contributed by atoms with E-state index in [0.29, 0.717) is 18.0 Å². The lowest BCUT2D eigenvalue weighted by atomic mass is 10.1. The van der Waals surface area contributed by atoms with Crippen LogP contribution in [-0.2, 0) is 10.0 Å². The first-order valence-electron chi connectivity index (χ1n) is 8.71. The van der Waals surface area contributed by atoms with E-state index in [1.54, 1.807) is 18.2 Å². The van der Waals surface area contributed by atoms with Crippen molar-refractivity contribution in [3.05, 3.63) is 58.1 Å². The van der Waals surface area contributed by atoms with Crippen LogP contribution in [0, 0.1) is 5.92 Å². The van der Waals surface area contributed by atoms with Gasteiger partial charge in [0.2, 0.25) is 0 Å². The number of hydrogen-bond donors (Lipinski definition) is 2. The molecule has 3 rings (SSSR count). The minimum Gasteiger partial charge on any atom is -0.352 e. The van der Waals surface area contributed by atoms with Crippen molar-refractivity contribution in [2.45, 2.75) is 30.6 Å². The van der Waals surface area contributed by atoms with Crippen LogP contribution in [0.1, 0.15) is 36.0 Å². The molecular formula is C19H20Cl2N2O3S. The molecule has 144 valence electrons. The zero-order chi connectivity index (χ0) is 19.4. The Kier molecular flexibility index (Phi) is 6.29. The molecule has 1 saturated carbocycles. The molecule has 0 spiro atoms. The van der Waals surface area contributed by atoms with Crippen molar-refractivity contribution >= 4 is 44.8 Å². The molecule has 0 saturated heterocycles. The van der Waals surface area contributed by atoms with Crippen LogP contribution < -0.4 is 10.0 Å². The van der Waals surface area contributed by atoms with E-state index in [2.05, 4.69) is 10.0 Å². The van der Waals surface area contributed by atoms with E-state index in [1.807, 2.05) is 0 Å². The Bertz CT molecular complexity index is 942. The number of carbonyl (C=O) groups is 1. The van der Waals surface area contributed by atoms with Crippen molar-refractivity contribution in [2.75, 3.05) is 11.3 Å². The maximum atomic E-state index is 12.6. The zero-order valence-electron chi connectivity index (χ0n) is 14.5. The molecule has 0 atom stereocenters. The van der Waals surface area contributed by atoms with E-state index in [-0.39, 0.29) is 26.5 Å². The maximum absolute atomic E-state index is 12.6. The van der Waals surface area contributed by atoms with E-state index >= 15 is 0 Å². The van der Waals surface area contributed by atoms with E-state index in [9.17, 15) is 13.2 Å². The first-order chi connectivity index (χ1) is 12.8. The molecule has 0 bridgehead atoms. The normalized spacial score (nSPS) is 14.9. The van der Waals surface area contributed by atoms with Gasteiger partial charge in [0.15, 0.2) is 0 Å². The zero-order valence-corrected chi connectivity index (χ0v) is 16.9. The molecule has 0 aliphatic heterocycles. The van der Waals surface area contributed by atoms with Gasteiger partial charge >= 0.3 is 0 Å². The summed E-state index contributed by atoms with van der Waals surface area (Å²) < 4.78 is 27.6. The van der Waals surface area contributed by atoms with Gasteiger partial charge in [-0.3, -0.25) is 9.52 Å². The quantitative estimate of drug-likeness (QED) is 0.701. The Morgan fingerprint density at radius 2 is 1.81 bits per heavy atom. The molecule has 1 amide bonds. The van der Waals surface area contributed by atoms with E-state index < -0.39 is 10.0 Å². The van der Waals surface area contributed by atoms with Crippen LogP contribution in [0.15, 0.2) is 47.4 Å². The lowest BCUT2D eigenvalue weighted by Gasteiger charge is -2.13. The summed E-state index contributed by atoms with van der Waals surface area (Å²) in [4.78, 5) is 12.2. The van der Waals surface area contributed by atoms with Crippen LogP contribution >= 0.6 is 23.2 Å². The number of amides is 1. The van der Waals surface area contributed by atoms with Crippen molar-refractivity contribution in [3.8, 4) is 0 Å². The second-order valence-electron chi connectivity index (χ2n) is 6.62. The fraction of sp³-hybridized carbons (Fsp3) is 0.316. The van der Waals surface area contributed by atoms with Crippen LogP contribution in [0.5, 0.6) is 0 Å². The molecule has 2 aromatic carbocycles. The minimum atomic E-state index is -3.93. The molecule has 5 nitrogen and oxygen atoms in total. The molecule has 2 N–H and O–H groups in total. The monoisotopic (exact) mass is 426 g/mol. The third-order valence-electron chi connectivity index (χ3n) is 4.59. The first-order valence-corrected chi connectivity index (χ1v) is 11.0. The highest BCUT2D eigenvalue weighted by Gasteiger charge is 2.20. The number of sulfonamides is 1. The van der Waals surface area contributed by atoms with E-state index in [4.69, 9.17) is 23.2 Å². The van der Waals surface area contributed by atoms with Gasteiger partial charge in [-0.15, -0.1) is 0 Å². The highest BCUT2D eigenvalue weighted by molar-refractivity contribution is 7.92. The molecule has 1 fully saturated rings. The van der Waals surface area contributed by atoms with Gasteiger partial charge in [0.25, 0.3) is 15.9 Å². The van der Waals surface area contributed by atoms with Crippen molar-refractivity contribution in [2.24, 2.45) is 5.92 Å². The molecule has 8 heteroatoms. The molecular weight excluding hydrogens is 407 g/mol. The number of rotatable bonds is 6. The molecule has 0 unspecified atom stereocenters. The van der Waals surface area contributed by atoms with E-state index in [1.165, 1.54) is 37.1 Å². The first kappa shape index (κ1) is 20.0. The molecule has 0 heterocycles. The number of nitrogens with one attached hydrogen (secondary N) is 2. The largest absolute Gasteiger partial charge is 0.352 e. The van der Waals surface area contributed by atoms with Crippen LogP contribution in [0.25, 0.3) is 0 Å². The summed E-state index contributed by atoms with van der Waals surface area (Å²) in [5.41, 5.74) is 0.671. The number of anilines is 1. The Morgan fingerprint density at radius 3 is 2.56 bits per heavy atom. The molecule has 27 heavy (non-hydrogen) atoms. The van der Waals surface area contributed by atoms with Crippen molar-refractivity contribution in [1.82, 2.24) is 5.32 Å². The average molecular weight is 427 g/mol. The summed E-state index contributed by atoms with van der Waals surface area (Å²) >= 11 is 11.9. The topological polar surface area (TPSA) is 75.3 Å². The lowest BCUT2D eigenvalue weighted by molar-refractivity contribution is 0.0947. The predicted octanol–water partition coefficient (Wildman–Crippen LogP) is 4.71. The van der Waals surface area contributed by atoms with Gasteiger partial charge in [-0.2, -0.15) is 0 Å². The van der Waals surface area contributed by atoms with E-state index in [0.717, 1.165) is 12.8 Å². The van der Waals surface area contributed by atoms with Gasteiger partial charge in [0.05, 0.1) is 5.02 Å². The second-order valence-corrected chi connectivity index (χ2v) is 9.12. The van der Waals surface area contributed by atoms with Gasteiger partial charge in [-0.25, -0.2) is 8.42 Å². The smallest absolute Gasteiger partial charge is 0.263 e. The third-order valence-corrected chi connectivity index (χ3v) is 6.68. The molecule has 2 aromatic rings. The standard InChI is InChI=1S/C19H20Cl2N2O3S/c20-15-8-9-17(21)18(11-15)27(25,26)23-16-7-3-6-14(10-16)19(24)22-12-13-4-1-2-5-13/h3,6-11,13,23H,1-2,4-5,12H2,(H,22,24). The van der Waals surface area contributed by atoms with Crippen molar-refractivity contribution in [3.63, 3.8) is 0 Å². The maximum Gasteiger partial charge on any atom is 0.263 e. The Balaban J connectivity index is 1.73. The second kappa shape index (κ2) is 8.50. The van der Waals surface area contributed by atoms with Gasteiger partial charge in [0, 0.05) is 22.8 Å². The molecule has 0 radical (unpaired) electrons. The summed E-state index contributed by atoms with van der Waals surface area (Å²) in [5.74, 6) is 0.310. The van der Waals surface area contributed by atoms with Gasteiger partial charge in [-0.1, -0.05) is 42.1 Å². The van der Waals surface area contributed by atoms with Crippen molar-refractivity contribution < 1.29 is 13.2 Å². The number of halogens is 2. The van der Waals surface area contributed by atoms with Gasteiger partial charge < -0.3 is 5.32 Å². The molecule has 1 aliphatic carbocycles. The number of carbonyl (C=O) groups excluding carboxylic acids is 1. The Hall–Kier alpha value is -1.76. The highest BCUT2D eigenvalue weighted by atomic mass is 35.5. The van der Waals surface area contributed by atoms with Crippen LogP contribution in [0.4, 0.5) is 5.69 Å². The average Bonchev–Trinajstić information content (AvgIpc) is 3.15. The third kappa shape index (κ3) is 5.15. The SMILES string of the molecule is O=C(NCC1CCCC1)c1cccc(NS(=O)(=O)c2cc(Cl)ccc2Cl)c1. The highest BCUT2D eigenvalue weighted by Crippen LogP contribution is 2.27. The summed E-state index contributed by atoms with van der Waals surface area (Å²) in [6, 6.07) is 10.6. The number of hydrogen-bond acceptors (Lipinski definition) is 3. The molecule has 1 aliphatic rings. The van der Waals surface area contributed by atoms with Crippen LogP contribution in [-0.4, -0.2) is 20.9 Å². The Labute approximate surface area is 169 Å². The van der Waals surface area contributed by atoms with Gasteiger partial charge in [0.1, 0.15) is 4.90 Å². The van der Waals surface area contributed by atoms with Gasteiger partial charge in [-0.05, 0) is 55.2 Å². The molecule has 0 aromatic heterocycles. The Morgan fingerprint density at radius 1 is 1.07 bits per heavy atom. The summed E-state index contributed by atoms with van der Waals surface area (Å²) in [5, 5.41) is 3.26. The fourth-order valence-corrected chi connectivity index (χ4v) is 4.98. The van der Waals surface area contributed by atoms with Crippen LogP contribution in [0.2, 0.25) is 10.0 Å². The summed E-state index contributed by atoms with van der Waals surface area (Å²) in [7, 11) is -3.93. The summed E-state index contributed by atoms with van der Waals surface area (Å²) in [6.45, 7) is 0.646. The van der Waals surface area contributed by atoms with Crippen LogP contribution in [0.3, 0.4) is 0 Å². The fourth-order valence-electron chi connectivity index (χ4n) is 3.17. The summed E-state index contributed by atoms with van der Waals surface area (Å²) in [6.07, 6.45) is 4.70.